The van der Waals surface area contributed by atoms with Crippen molar-refractivity contribution < 1.29 is 0 Å². The van der Waals surface area contributed by atoms with Crippen LogP contribution in [0.15, 0.2) is 18.0 Å². The normalized spacial score (nSPS) is 11.3. The summed E-state index contributed by atoms with van der Waals surface area (Å²) in [6.45, 7) is 0.821. The van der Waals surface area contributed by atoms with E-state index in [-0.39, 0.29) is 0 Å². The highest BCUT2D eigenvalue weighted by atomic mass is 32.1. The molecule has 0 amide bonds. The maximum Gasteiger partial charge on any atom is 0.188 e. The average molecular weight is 275 g/mol. The van der Waals surface area contributed by atoms with Gasteiger partial charge in [-0.25, -0.2) is 19.9 Å². The second-order valence-electron chi connectivity index (χ2n) is 4.33. The molecule has 3 aromatic rings. The number of nitrogens with one attached hydrogen (secondary N) is 2. The van der Waals surface area contributed by atoms with Crippen LogP contribution in [0.3, 0.4) is 0 Å². The van der Waals surface area contributed by atoms with Crippen LogP contribution < -0.4 is 5.32 Å². The molecule has 0 bridgehead atoms. The zero-order valence-corrected chi connectivity index (χ0v) is 11.4. The SMILES string of the molecule is CN(C)Cc1csc(Nc2ncnc3nc[nH]c23)n1. The minimum atomic E-state index is 0.641. The molecule has 19 heavy (non-hydrogen) atoms. The third-order valence-electron chi connectivity index (χ3n) is 2.48. The summed E-state index contributed by atoms with van der Waals surface area (Å²) in [5.74, 6) is 0.688. The molecule has 3 aromatic heterocycles. The van der Waals surface area contributed by atoms with Crippen LogP contribution in [0.2, 0.25) is 0 Å². The quantitative estimate of drug-likeness (QED) is 0.753. The number of imidazole rings is 1. The smallest absolute Gasteiger partial charge is 0.188 e. The number of hydrogen-bond acceptors (Lipinski definition) is 7. The van der Waals surface area contributed by atoms with Crippen molar-refractivity contribution in [3.05, 3.63) is 23.7 Å². The van der Waals surface area contributed by atoms with Crippen LogP contribution in [0.5, 0.6) is 0 Å². The van der Waals surface area contributed by atoms with E-state index in [2.05, 4.69) is 35.1 Å². The van der Waals surface area contributed by atoms with Crippen molar-refractivity contribution >= 4 is 33.5 Å². The number of aromatic amines is 1. The molecule has 8 heteroatoms. The number of rotatable bonds is 4. The minimum absolute atomic E-state index is 0.641. The summed E-state index contributed by atoms with van der Waals surface area (Å²) in [5.41, 5.74) is 2.46. The van der Waals surface area contributed by atoms with Gasteiger partial charge >= 0.3 is 0 Å². The van der Waals surface area contributed by atoms with E-state index >= 15 is 0 Å². The number of nitrogens with zero attached hydrogens (tertiary/aromatic N) is 5. The molecule has 0 saturated heterocycles. The Morgan fingerprint density at radius 3 is 3.05 bits per heavy atom. The van der Waals surface area contributed by atoms with Gasteiger partial charge in [-0.2, -0.15) is 0 Å². The summed E-state index contributed by atoms with van der Waals surface area (Å²) in [5, 5.41) is 6.04. The summed E-state index contributed by atoms with van der Waals surface area (Å²) >= 11 is 1.55. The van der Waals surface area contributed by atoms with E-state index in [0.717, 1.165) is 22.9 Å². The van der Waals surface area contributed by atoms with Crippen LogP contribution in [-0.2, 0) is 6.54 Å². The Morgan fingerprint density at radius 2 is 2.21 bits per heavy atom. The summed E-state index contributed by atoms with van der Waals surface area (Å²) in [6, 6.07) is 0. The molecule has 98 valence electrons. The van der Waals surface area contributed by atoms with Gasteiger partial charge in [-0.05, 0) is 14.1 Å². The van der Waals surface area contributed by atoms with Gasteiger partial charge < -0.3 is 15.2 Å². The lowest BCUT2D eigenvalue weighted by Gasteiger charge is -2.05. The van der Waals surface area contributed by atoms with E-state index in [0.29, 0.717) is 11.5 Å². The molecule has 3 heterocycles. The van der Waals surface area contributed by atoms with Crippen molar-refractivity contribution in [2.24, 2.45) is 0 Å². The molecule has 0 fully saturated rings. The third-order valence-corrected chi connectivity index (χ3v) is 3.28. The largest absolute Gasteiger partial charge is 0.340 e. The molecule has 0 atom stereocenters. The Hall–Kier alpha value is -2.06. The highest BCUT2D eigenvalue weighted by Crippen LogP contribution is 2.23. The van der Waals surface area contributed by atoms with E-state index in [9.17, 15) is 0 Å². The van der Waals surface area contributed by atoms with E-state index in [1.165, 1.54) is 6.33 Å². The molecule has 0 aliphatic carbocycles. The zero-order chi connectivity index (χ0) is 13.2. The van der Waals surface area contributed by atoms with Gasteiger partial charge in [0.15, 0.2) is 16.6 Å². The first-order chi connectivity index (χ1) is 9.22. The van der Waals surface area contributed by atoms with Crippen LogP contribution in [0, 0.1) is 0 Å². The Kier molecular flexibility index (Phi) is 3.10. The van der Waals surface area contributed by atoms with E-state index in [1.807, 2.05) is 19.5 Å². The van der Waals surface area contributed by atoms with Crippen molar-refractivity contribution in [1.29, 1.82) is 0 Å². The lowest BCUT2D eigenvalue weighted by Crippen LogP contribution is -2.10. The molecular formula is C11H13N7S. The van der Waals surface area contributed by atoms with Gasteiger partial charge in [0.05, 0.1) is 12.0 Å². The van der Waals surface area contributed by atoms with E-state index in [4.69, 9.17) is 0 Å². The molecule has 0 unspecified atom stereocenters. The first-order valence-corrected chi connectivity index (χ1v) is 6.60. The number of hydrogen-bond donors (Lipinski definition) is 2. The Morgan fingerprint density at radius 1 is 1.32 bits per heavy atom. The lowest BCUT2D eigenvalue weighted by molar-refractivity contribution is 0.398. The fourth-order valence-electron chi connectivity index (χ4n) is 1.72. The fourth-order valence-corrected chi connectivity index (χ4v) is 2.42. The summed E-state index contributed by atoms with van der Waals surface area (Å²) in [7, 11) is 4.04. The molecule has 0 spiro atoms. The van der Waals surface area contributed by atoms with Gasteiger partial charge in [0.1, 0.15) is 11.8 Å². The van der Waals surface area contributed by atoms with Crippen molar-refractivity contribution in [3.63, 3.8) is 0 Å². The minimum Gasteiger partial charge on any atom is -0.340 e. The highest BCUT2D eigenvalue weighted by molar-refractivity contribution is 7.13. The average Bonchev–Trinajstić information content (AvgIpc) is 2.98. The fraction of sp³-hybridized carbons (Fsp3) is 0.273. The standard InChI is InChI=1S/C11H13N7S/c1-18(2)3-7-4-19-11(16-7)17-10-8-9(13-5-12-8)14-6-15-10/h4-6H,3H2,1-2H3,(H2,12,13,14,15,16,17). The van der Waals surface area contributed by atoms with Crippen LogP contribution in [-0.4, -0.2) is 43.9 Å². The molecule has 2 N–H and O–H groups in total. The van der Waals surface area contributed by atoms with Crippen molar-refractivity contribution in [1.82, 2.24) is 29.8 Å². The van der Waals surface area contributed by atoms with E-state index in [1.54, 1.807) is 17.7 Å². The molecule has 0 aromatic carbocycles. The molecule has 3 rings (SSSR count). The number of anilines is 2. The molecule has 0 saturated carbocycles. The number of aromatic nitrogens is 5. The summed E-state index contributed by atoms with van der Waals surface area (Å²) in [4.78, 5) is 22.0. The van der Waals surface area contributed by atoms with Gasteiger partial charge in [-0.1, -0.05) is 0 Å². The van der Waals surface area contributed by atoms with Crippen LogP contribution in [0.1, 0.15) is 5.69 Å². The van der Waals surface area contributed by atoms with Crippen molar-refractivity contribution in [2.45, 2.75) is 6.54 Å². The van der Waals surface area contributed by atoms with Crippen molar-refractivity contribution in [2.75, 3.05) is 19.4 Å². The Bertz CT molecular complexity index is 687. The molecular weight excluding hydrogens is 262 g/mol. The summed E-state index contributed by atoms with van der Waals surface area (Å²) in [6.07, 6.45) is 3.09. The zero-order valence-electron chi connectivity index (χ0n) is 10.6. The predicted octanol–water partition coefficient (Wildman–Crippen LogP) is 1.61. The number of thiazole rings is 1. The van der Waals surface area contributed by atoms with Gasteiger partial charge in [0, 0.05) is 11.9 Å². The third kappa shape index (κ3) is 2.54. The molecule has 0 radical (unpaired) electrons. The monoisotopic (exact) mass is 275 g/mol. The molecule has 0 aliphatic rings. The van der Waals surface area contributed by atoms with E-state index < -0.39 is 0 Å². The number of fused-ring (bicyclic) bond motifs is 1. The first-order valence-electron chi connectivity index (χ1n) is 5.72. The number of H-pyrrole nitrogens is 1. The van der Waals surface area contributed by atoms with Crippen molar-refractivity contribution in [3.8, 4) is 0 Å². The van der Waals surface area contributed by atoms with Gasteiger partial charge in [-0.15, -0.1) is 11.3 Å². The van der Waals surface area contributed by atoms with Gasteiger partial charge in [0.25, 0.3) is 0 Å². The highest BCUT2D eigenvalue weighted by Gasteiger charge is 2.08. The first kappa shape index (κ1) is 12.0. The topological polar surface area (TPSA) is 82.6 Å². The van der Waals surface area contributed by atoms with Gasteiger partial charge in [-0.3, -0.25) is 0 Å². The summed E-state index contributed by atoms with van der Waals surface area (Å²) < 4.78 is 0. The second-order valence-corrected chi connectivity index (χ2v) is 5.19. The molecule has 0 aliphatic heterocycles. The maximum absolute atomic E-state index is 4.51. The second kappa shape index (κ2) is 4.90. The van der Waals surface area contributed by atoms with Crippen LogP contribution >= 0.6 is 11.3 Å². The van der Waals surface area contributed by atoms with Crippen LogP contribution in [0.4, 0.5) is 10.9 Å². The van der Waals surface area contributed by atoms with Gasteiger partial charge in [0.2, 0.25) is 0 Å². The Labute approximate surface area is 113 Å². The lowest BCUT2D eigenvalue weighted by atomic mass is 10.5. The maximum atomic E-state index is 4.51. The Balaban J connectivity index is 1.84. The molecule has 7 nitrogen and oxygen atoms in total. The van der Waals surface area contributed by atoms with Crippen LogP contribution in [0.25, 0.3) is 11.2 Å². The predicted molar refractivity (Wildman–Crippen MR) is 74.5 cm³/mol.